The van der Waals surface area contributed by atoms with Crippen LogP contribution in [-0.4, -0.2) is 17.3 Å². The SMILES string of the molecule is Cc1c(C)c2c(c(C)c1O)CC[C@@](C)(CCCCCCCOCc1c(F)c(F)c(N=[N+]=[N-])c(F)c1F)O2. The zero-order valence-corrected chi connectivity index (χ0v) is 21.7. The van der Waals surface area contributed by atoms with Gasteiger partial charge < -0.3 is 14.6 Å². The first-order chi connectivity index (χ1) is 17.5. The van der Waals surface area contributed by atoms with Crippen molar-refractivity contribution in [1.82, 2.24) is 0 Å². The summed E-state index contributed by atoms with van der Waals surface area (Å²) in [6, 6.07) is 0. The summed E-state index contributed by atoms with van der Waals surface area (Å²) in [6.45, 7) is 7.50. The molecule has 37 heavy (non-hydrogen) atoms. The summed E-state index contributed by atoms with van der Waals surface area (Å²) in [5.74, 6) is -5.48. The summed E-state index contributed by atoms with van der Waals surface area (Å²) < 4.78 is 67.4. The van der Waals surface area contributed by atoms with Crippen LogP contribution in [0.3, 0.4) is 0 Å². The average molecular weight is 524 g/mol. The normalized spacial score (nSPS) is 16.8. The van der Waals surface area contributed by atoms with Gasteiger partial charge in [0.25, 0.3) is 0 Å². The molecule has 1 atom stereocenters. The first kappa shape index (κ1) is 28.6. The largest absolute Gasteiger partial charge is 0.507 e. The van der Waals surface area contributed by atoms with Crippen molar-refractivity contribution >= 4 is 5.69 Å². The Labute approximate surface area is 214 Å². The number of phenols is 1. The zero-order chi connectivity index (χ0) is 27.3. The van der Waals surface area contributed by atoms with Gasteiger partial charge in [-0.05, 0) is 82.0 Å². The molecule has 0 radical (unpaired) electrons. The minimum Gasteiger partial charge on any atom is -0.507 e. The monoisotopic (exact) mass is 523 g/mol. The molecule has 0 bridgehead atoms. The van der Waals surface area contributed by atoms with Crippen molar-refractivity contribution in [3.05, 3.63) is 61.5 Å². The molecule has 2 aromatic carbocycles. The molecule has 0 amide bonds. The van der Waals surface area contributed by atoms with E-state index < -0.39 is 41.1 Å². The van der Waals surface area contributed by atoms with Gasteiger partial charge >= 0.3 is 0 Å². The second kappa shape index (κ2) is 12.0. The Balaban J connectivity index is 1.39. The van der Waals surface area contributed by atoms with E-state index in [4.69, 9.17) is 15.0 Å². The minimum absolute atomic E-state index is 0.183. The molecule has 3 rings (SSSR count). The number of phenolic OH excluding ortho intramolecular Hbond substituents is 1. The molecular weight excluding hydrogens is 490 g/mol. The second-order valence-electron chi connectivity index (χ2n) is 9.93. The lowest BCUT2D eigenvalue weighted by Gasteiger charge is -2.38. The van der Waals surface area contributed by atoms with Crippen LogP contribution in [0.15, 0.2) is 5.11 Å². The van der Waals surface area contributed by atoms with E-state index in [9.17, 15) is 22.7 Å². The van der Waals surface area contributed by atoms with Crippen LogP contribution in [0.4, 0.5) is 23.2 Å². The molecule has 202 valence electrons. The maximum atomic E-state index is 14.0. The number of nitrogens with zero attached hydrogens (tertiary/aromatic N) is 3. The van der Waals surface area contributed by atoms with Crippen LogP contribution in [0, 0.1) is 44.0 Å². The van der Waals surface area contributed by atoms with Crippen LogP contribution >= 0.6 is 0 Å². The van der Waals surface area contributed by atoms with Crippen LogP contribution in [0.25, 0.3) is 10.4 Å². The van der Waals surface area contributed by atoms with Gasteiger partial charge in [-0.15, -0.1) is 0 Å². The molecule has 0 unspecified atom stereocenters. The highest BCUT2D eigenvalue weighted by Gasteiger charge is 2.34. The van der Waals surface area contributed by atoms with E-state index in [1.807, 2.05) is 20.8 Å². The topological polar surface area (TPSA) is 87.5 Å². The Morgan fingerprint density at radius 2 is 1.57 bits per heavy atom. The lowest BCUT2D eigenvalue weighted by molar-refractivity contribution is 0.0520. The number of azide groups is 1. The maximum Gasteiger partial charge on any atom is 0.171 e. The predicted octanol–water partition coefficient (Wildman–Crippen LogP) is 8.46. The molecule has 1 aliphatic rings. The van der Waals surface area contributed by atoms with E-state index in [0.717, 1.165) is 72.9 Å². The lowest BCUT2D eigenvalue weighted by Crippen LogP contribution is -2.37. The van der Waals surface area contributed by atoms with Gasteiger partial charge in [-0.1, -0.05) is 24.4 Å². The molecular formula is C27H33F4N3O3. The number of benzene rings is 2. The molecule has 0 aliphatic carbocycles. The van der Waals surface area contributed by atoms with E-state index in [1.165, 1.54) is 0 Å². The van der Waals surface area contributed by atoms with Gasteiger partial charge in [0.05, 0.1) is 12.2 Å². The van der Waals surface area contributed by atoms with Crippen LogP contribution in [0.2, 0.25) is 0 Å². The van der Waals surface area contributed by atoms with Crippen molar-refractivity contribution in [1.29, 1.82) is 0 Å². The van der Waals surface area contributed by atoms with Gasteiger partial charge in [0.2, 0.25) is 0 Å². The lowest BCUT2D eigenvalue weighted by atomic mass is 9.84. The number of unbranched alkanes of at least 4 members (excludes halogenated alkanes) is 4. The molecule has 10 heteroatoms. The van der Waals surface area contributed by atoms with E-state index in [1.54, 1.807) is 0 Å². The van der Waals surface area contributed by atoms with Crippen molar-refractivity contribution in [3.8, 4) is 11.5 Å². The Morgan fingerprint density at radius 3 is 2.22 bits per heavy atom. The molecule has 0 aromatic heterocycles. The van der Waals surface area contributed by atoms with E-state index in [2.05, 4.69) is 16.9 Å². The van der Waals surface area contributed by atoms with E-state index in [-0.39, 0.29) is 12.2 Å². The van der Waals surface area contributed by atoms with Crippen molar-refractivity contribution in [2.24, 2.45) is 5.11 Å². The van der Waals surface area contributed by atoms with Gasteiger partial charge in [-0.2, -0.15) is 0 Å². The first-order valence-corrected chi connectivity index (χ1v) is 12.5. The molecule has 6 nitrogen and oxygen atoms in total. The summed E-state index contributed by atoms with van der Waals surface area (Å²) in [6.07, 6.45) is 7.03. The Morgan fingerprint density at radius 1 is 0.946 bits per heavy atom. The predicted molar refractivity (Wildman–Crippen MR) is 132 cm³/mol. The van der Waals surface area contributed by atoms with Crippen LogP contribution in [0.1, 0.15) is 79.7 Å². The van der Waals surface area contributed by atoms with Gasteiger partial charge in [-0.25, -0.2) is 17.6 Å². The molecule has 1 aliphatic heterocycles. The fraction of sp³-hybridized carbons (Fsp3) is 0.556. The zero-order valence-electron chi connectivity index (χ0n) is 21.7. The summed E-state index contributed by atoms with van der Waals surface area (Å²) in [5.41, 5.74) is 9.65. The van der Waals surface area contributed by atoms with Gasteiger partial charge in [0.1, 0.15) is 22.8 Å². The van der Waals surface area contributed by atoms with Gasteiger partial charge in [-0.3, -0.25) is 0 Å². The third-order valence-electron chi connectivity index (χ3n) is 7.31. The van der Waals surface area contributed by atoms with E-state index >= 15 is 0 Å². The summed E-state index contributed by atoms with van der Waals surface area (Å²) in [5, 5.41) is 13.0. The fourth-order valence-electron chi connectivity index (χ4n) is 4.80. The number of halogens is 4. The fourth-order valence-corrected chi connectivity index (χ4v) is 4.80. The van der Waals surface area contributed by atoms with Crippen LogP contribution in [0.5, 0.6) is 11.5 Å². The molecule has 0 spiro atoms. The highest BCUT2D eigenvalue weighted by Crippen LogP contribution is 2.44. The third-order valence-corrected chi connectivity index (χ3v) is 7.31. The molecule has 1 heterocycles. The average Bonchev–Trinajstić information content (AvgIpc) is 2.88. The molecule has 0 saturated carbocycles. The highest BCUT2D eigenvalue weighted by molar-refractivity contribution is 5.58. The van der Waals surface area contributed by atoms with Crippen LogP contribution < -0.4 is 4.74 Å². The Kier molecular flexibility index (Phi) is 9.31. The highest BCUT2D eigenvalue weighted by atomic mass is 19.2. The molecule has 0 fully saturated rings. The molecule has 0 saturated heterocycles. The summed E-state index contributed by atoms with van der Waals surface area (Å²) in [4.78, 5) is 2.17. The summed E-state index contributed by atoms with van der Waals surface area (Å²) >= 11 is 0. The molecule has 2 aromatic rings. The number of fused-ring (bicyclic) bond motifs is 1. The van der Waals surface area contributed by atoms with Gasteiger partial charge in [0, 0.05) is 17.1 Å². The Hall–Kier alpha value is -2.97. The van der Waals surface area contributed by atoms with Crippen molar-refractivity contribution < 1.29 is 32.1 Å². The van der Waals surface area contributed by atoms with E-state index in [0.29, 0.717) is 12.2 Å². The number of hydrogen-bond donors (Lipinski definition) is 1. The maximum absolute atomic E-state index is 14.0. The van der Waals surface area contributed by atoms with Crippen molar-refractivity contribution in [3.63, 3.8) is 0 Å². The Bertz CT molecular complexity index is 1190. The van der Waals surface area contributed by atoms with Crippen molar-refractivity contribution in [2.75, 3.05) is 6.61 Å². The second-order valence-corrected chi connectivity index (χ2v) is 9.93. The van der Waals surface area contributed by atoms with Crippen LogP contribution in [-0.2, 0) is 17.8 Å². The minimum atomic E-state index is -1.74. The third kappa shape index (κ3) is 6.13. The molecule has 1 N–H and O–H groups in total. The standard InChI is InChI=1S/C27H33F4N3O3/c1-15-16(2)26-18(17(3)25(15)35)10-12-27(4,37-26)11-8-6-5-7-9-13-36-14-19-20(28)22(30)24(33-34-32)23(31)21(19)29/h35H,5-14H2,1-4H3/t27-/m1/s1. The number of ether oxygens (including phenoxy) is 2. The number of hydrogen-bond acceptors (Lipinski definition) is 4. The smallest absolute Gasteiger partial charge is 0.171 e. The van der Waals surface area contributed by atoms with Gasteiger partial charge in [0.15, 0.2) is 23.3 Å². The number of aromatic hydroxyl groups is 1. The summed E-state index contributed by atoms with van der Waals surface area (Å²) in [7, 11) is 0. The first-order valence-electron chi connectivity index (χ1n) is 12.5. The quantitative estimate of drug-likeness (QED) is 0.0800. The number of rotatable bonds is 11. The van der Waals surface area contributed by atoms with Crippen molar-refractivity contribution in [2.45, 2.75) is 91.3 Å².